The maximum absolute atomic E-state index is 5.68. The highest BCUT2D eigenvalue weighted by Crippen LogP contribution is 2.46. The first kappa shape index (κ1) is 11.1. The van der Waals surface area contributed by atoms with E-state index in [9.17, 15) is 0 Å². The predicted molar refractivity (Wildman–Crippen MR) is 62.7 cm³/mol. The van der Waals surface area contributed by atoms with E-state index in [-0.39, 0.29) is 11.6 Å². The van der Waals surface area contributed by atoms with Gasteiger partial charge >= 0.3 is 0 Å². The molecule has 1 aromatic rings. The molecule has 1 aromatic heterocycles. The van der Waals surface area contributed by atoms with Gasteiger partial charge in [0.05, 0.1) is 11.6 Å². The van der Waals surface area contributed by atoms with Crippen LogP contribution in [0.15, 0.2) is 11.4 Å². The Morgan fingerprint density at radius 1 is 1.60 bits per heavy atom. The number of methoxy groups -OCH3 is 1. The molecule has 3 nitrogen and oxygen atoms in total. The van der Waals surface area contributed by atoms with Crippen LogP contribution >= 0.6 is 11.3 Å². The van der Waals surface area contributed by atoms with Crippen LogP contribution in [0.2, 0.25) is 0 Å². The third-order valence-electron chi connectivity index (χ3n) is 3.46. The lowest BCUT2D eigenvalue weighted by Gasteiger charge is -2.46. The first-order valence-corrected chi connectivity index (χ1v) is 6.17. The van der Waals surface area contributed by atoms with Gasteiger partial charge in [-0.05, 0) is 43.2 Å². The highest BCUT2D eigenvalue weighted by molar-refractivity contribution is 7.10. The van der Waals surface area contributed by atoms with Crippen LogP contribution in [0, 0.1) is 6.92 Å². The molecule has 1 fully saturated rings. The number of rotatable bonds is 4. The standard InChI is InChI=1S/C11H18N2OS/c1-8-4-7-15-9(8)10(13-12)11(14-2)5-3-6-11/h4,7,10,13H,3,5-6,12H2,1-2H3. The van der Waals surface area contributed by atoms with Crippen molar-refractivity contribution in [3.63, 3.8) is 0 Å². The summed E-state index contributed by atoms with van der Waals surface area (Å²) in [5.41, 5.74) is 4.14. The smallest absolute Gasteiger partial charge is 0.0893 e. The summed E-state index contributed by atoms with van der Waals surface area (Å²) in [4.78, 5) is 1.30. The second-order valence-electron chi connectivity index (χ2n) is 4.19. The normalized spacial score (nSPS) is 21.0. The molecule has 15 heavy (non-hydrogen) atoms. The summed E-state index contributed by atoms with van der Waals surface area (Å²) in [6, 6.07) is 2.27. The van der Waals surface area contributed by atoms with E-state index in [1.165, 1.54) is 16.9 Å². The number of hydrazine groups is 1. The molecule has 3 N–H and O–H groups in total. The van der Waals surface area contributed by atoms with E-state index in [0.717, 1.165) is 12.8 Å². The number of thiophene rings is 1. The molecule has 0 spiro atoms. The van der Waals surface area contributed by atoms with Crippen molar-refractivity contribution in [2.24, 2.45) is 5.84 Å². The summed E-state index contributed by atoms with van der Waals surface area (Å²) in [7, 11) is 1.78. The molecule has 0 aliphatic heterocycles. The molecule has 1 unspecified atom stereocenters. The summed E-state index contributed by atoms with van der Waals surface area (Å²) in [5.74, 6) is 5.68. The highest BCUT2D eigenvalue weighted by atomic mass is 32.1. The van der Waals surface area contributed by atoms with Crippen molar-refractivity contribution >= 4 is 11.3 Å². The molecule has 84 valence electrons. The van der Waals surface area contributed by atoms with Crippen LogP contribution in [0.4, 0.5) is 0 Å². The van der Waals surface area contributed by atoms with Gasteiger partial charge in [0, 0.05) is 12.0 Å². The van der Waals surface area contributed by atoms with E-state index in [4.69, 9.17) is 10.6 Å². The average molecular weight is 226 g/mol. The maximum Gasteiger partial charge on any atom is 0.0893 e. The van der Waals surface area contributed by atoms with Crippen molar-refractivity contribution in [3.05, 3.63) is 21.9 Å². The van der Waals surface area contributed by atoms with E-state index in [1.54, 1.807) is 18.4 Å². The fraction of sp³-hybridized carbons (Fsp3) is 0.636. The predicted octanol–water partition coefficient (Wildman–Crippen LogP) is 2.13. The first-order chi connectivity index (χ1) is 7.23. The molecular formula is C11H18N2OS. The lowest BCUT2D eigenvalue weighted by atomic mass is 9.73. The number of hydrogen-bond acceptors (Lipinski definition) is 4. The zero-order valence-electron chi connectivity index (χ0n) is 9.25. The molecular weight excluding hydrogens is 208 g/mol. The Morgan fingerprint density at radius 2 is 2.33 bits per heavy atom. The lowest BCUT2D eigenvalue weighted by Crippen LogP contribution is -2.52. The van der Waals surface area contributed by atoms with Gasteiger partial charge in [0.2, 0.25) is 0 Å². The second-order valence-corrected chi connectivity index (χ2v) is 5.14. The van der Waals surface area contributed by atoms with Crippen LogP contribution in [0.1, 0.15) is 35.7 Å². The van der Waals surface area contributed by atoms with Gasteiger partial charge in [0.1, 0.15) is 0 Å². The Morgan fingerprint density at radius 3 is 2.67 bits per heavy atom. The maximum atomic E-state index is 5.68. The minimum atomic E-state index is -0.0790. The Kier molecular flexibility index (Phi) is 3.11. The second kappa shape index (κ2) is 4.22. The van der Waals surface area contributed by atoms with Crippen LogP contribution < -0.4 is 11.3 Å². The van der Waals surface area contributed by atoms with E-state index in [1.807, 2.05) is 0 Å². The molecule has 4 heteroatoms. The Balaban J connectivity index is 2.27. The third-order valence-corrected chi connectivity index (χ3v) is 4.55. The third kappa shape index (κ3) is 1.72. The molecule has 1 saturated carbocycles. The van der Waals surface area contributed by atoms with Crippen molar-refractivity contribution in [2.75, 3.05) is 7.11 Å². The summed E-state index contributed by atoms with van der Waals surface area (Å²) < 4.78 is 5.67. The molecule has 2 rings (SSSR count). The zero-order chi connectivity index (χ0) is 10.9. The highest BCUT2D eigenvalue weighted by Gasteiger charge is 2.45. The summed E-state index contributed by atoms with van der Waals surface area (Å²) >= 11 is 1.75. The summed E-state index contributed by atoms with van der Waals surface area (Å²) in [6.45, 7) is 2.12. The zero-order valence-corrected chi connectivity index (χ0v) is 10.1. The van der Waals surface area contributed by atoms with E-state index < -0.39 is 0 Å². The monoisotopic (exact) mass is 226 g/mol. The van der Waals surface area contributed by atoms with Crippen LogP contribution in [0.25, 0.3) is 0 Å². The Labute approximate surface area is 94.6 Å². The molecule has 0 bridgehead atoms. The number of hydrogen-bond donors (Lipinski definition) is 2. The van der Waals surface area contributed by atoms with Crippen molar-refractivity contribution in [3.8, 4) is 0 Å². The van der Waals surface area contributed by atoms with Crippen LogP contribution in [0.3, 0.4) is 0 Å². The lowest BCUT2D eigenvalue weighted by molar-refractivity contribution is -0.0992. The van der Waals surface area contributed by atoms with E-state index in [0.29, 0.717) is 0 Å². The molecule has 0 radical (unpaired) electrons. The van der Waals surface area contributed by atoms with Crippen molar-refractivity contribution in [1.82, 2.24) is 5.43 Å². The number of aryl methyl sites for hydroxylation is 1. The SMILES string of the molecule is COC1(C(NN)c2sccc2C)CCC1. The van der Waals surface area contributed by atoms with Gasteiger partial charge in [-0.25, -0.2) is 5.43 Å². The van der Waals surface area contributed by atoms with Gasteiger partial charge in [0.25, 0.3) is 0 Å². The van der Waals surface area contributed by atoms with Gasteiger partial charge in [0.15, 0.2) is 0 Å². The fourth-order valence-electron chi connectivity index (χ4n) is 2.28. The van der Waals surface area contributed by atoms with Gasteiger partial charge < -0.3 is 4.74 Å². The quantitative estimate of drug-likeness (QED) is 0.611. The number of ether oxygens (including phenoxy) is 1. The van der Waals surface area contributed by atoms with Crippen molar-refractivity contribution in [1.29, 1.82) is 0 Å². The van der Waals surface area contributed by atoms with E-state index >= 15 is 0 Å². The summed E-state index contributed by atoms with van der Waals surface area (Å²) in [5, 5.41) is 2.11. The minimum Gasteiger partial charge on any atom is -0.376 e. The van der Waals surface area contributed by atoms with Crippen molar-refractivity contribution in [2.45, 2.75) is 37.8 Å². The molecule has 0 amide bonds. The molecule has 1 aliphatic rings. The average Bonchev–Trinajstić information content (AvgIpc) is 2.58. The number of nitrogens with one attached hydrogen (secondary N) is 1. The van der Waals surface area contributed by atoms with Gasteiger partial charge in [-0.3, -0.25) is 5.84 Å². The Bertz CT molecular complexity index is 328. The van der Waals surface area contributed by atoms with E-state index in [2.05, 4.69) is 23.8 Å². The van der Waals surface area contributed by atoms with Gasteiger partial charge in [-0.1, -0.05) is 0 Å². The van der Waals surface area contributed by atoms with Crippen molar-refractivity contribution < 1.29 is 4.74 Å². The molecule has 0 aromatic carbocycles. The molecule has 1 heterocycles. The topological polar surface area (TPSA) is 47.3 Å². The van der Waals surface area contributed by atoms with Crippen LogP contribution in [0.5, 0.6) is 0 Å². The van der Waals surface area contributed by atoms with Crippen LogP contribution in [-0.2, 0) is 4.74 Å². The van der Waals surface area contributed by atoms with Gasteiger partial charge in [-0.2, -0.15) is 0 Å². The summed E-state index contributed by atoms with van der Waals surface area (Å²) in [6.07, 6.45) is 3.42. The molecule has 1 aliphatic carbocycles. The Hall–Kier alpha value is -0.420. The molecule has 0 saturated heterocycles. The minimum absolute atomic E-state index is 0.0790. The first-order valence-electron chi connectivity index (χ1n) is 5.29. The largest absolute Gasteiger partial charge is 0.376 e. The van der Waals surface area contributed by atoms with Gasteiger partial charge in [-0.15, -0.1) is 11.3 Å². The number of nitrogens with two attached hydrogens (primary N) is 1. The fourth-order valence-corrected chi connectivity index (χ4v) is 3.37. The van der Waals surface area contributed by atoms with Crippen LogP contribution in [-0.4, -0.2) is 12.7 Å². The molecule has 1 atom stereocenters.